The lowest BCUT2D eigenvalue weighted by molar-refractivity contribution is -0.122. The molecule has 0 spiro atoms. The number of carbonyl (C=O) groups excluding carboxylic acids is 2. The first-order chi connectivity index (χ1) is 15.5. The van der Waals surface area contributed by atoms with Gasteiger partial charge in [0.2, 0.25) is 11.8 Å². The highest BCUT2D eigenvalue weighted by Crippen LogP contribution is 2.30. The van der Waals surface area contributed by atoms with Crippen molar-refractivity contribution in [3.8, 4) is 0 Å². The molecule has 32 heavy (non-hydrogen) atoms. The van der Waals surface area contributed by atoms with Gasteiger partial charge in [0.1, 0.15) is 0 Å². The number of hydrogen-bond donors (Lipinski definition) is 2. The van der Waals surface area contributed by atoms with E-state index in [2.05, 4.69) is 15.6 Å². The molecule has 1 aliphatic heterocycles. The maximum absolute atomic E-state index is 12.8. The smallest absolute Gasteiger partial charge is 0.229 e. The summed E-state index contributed by atoms with van der Waals surface area (Å²) in [5, 5.41) is 7.25. The summed E-state index contributed by atoms with van der Waals surface area (Å²) < 4.78 is 1.09. The number of aromatic nitrogens is 1. The van der Waals surface area contributed by atoms with E-state index in [0.29, 0.717) is 12.2 Å². The summed E-state index contributed by atoms with van der Waals surface area (Å²) in [6.07, 6.45) is 0.202. The van der Waals surface area contributed by atoms with E-state index in [1.807, 2.05) is 79.7 Å². The highest BCUT2D eigenvalue weighted by molar-refractivity contribution is 7.18. The molecule has 6 nitrogen and oxygen atoms in total. The van der Waals surface area contributed by atoms with Gasteiger partial charge in [-0.15, -0.1) is 11.3 Å². The minimum atomic E-state index is -0.391. The number of amides is 2. The summed E-state index contributed by atoms with van der Waals surface area (Å²) in [6, 6.07) is 23.3. The predicted octanol–water partition coefficient (Wildman–Crippen LogP) is 5.34. The summed E-state index contributed by atoms with van der Waals surface area (Å²) in [6.45, 7) is 2.34. The largest absolute Gasteiger partial charge is 0.356 e. The Morgan fingerprint density at radius 3 is 2.50 bits per heavy atom. The Kier molecular flexibility index (Phi) is 5.33. The quantitative estimate of drug-likeness (QED) is 0.438. The van der Waals surface area contributed by atoms with Crippen LogP contribution >= 0.6 is 11.3 Å². The van der Waals surface area contributed by atoms with Gasteiger partial charge < -0.3 is 15.5 Å². The van der Waals surface area contributed by atoms with Gasteiger partial charge in [-0.3, -0.25) is 9.59 Å². The molecular formula is C25H22N4O2S. The maximum Gasteiger partial charge on any atom is 0.229 e. The first-order valence-electron chi connectivity index (χ1n) is 10.5. The fourth-order valence-electron chi connectivity index (χ4n) is 3.90. The SMILES string of the molecule is Cc1nc2cc(N3CC(C(=O)Nc4ccc(Nc5ccccc5)cc4)CC3=O)ccc2s1. The average molecular weight is 443 g/mol. The van der Waals surface area contributed by atoms with Gasteiger partial charge in [-0.25, -0.2) is 4.98 Å². The number of benzene rings is 3. The highest BCUT2D eigenvalue weighted by Gasteiger charge is 2.35. The third-order valence-electron chi connectivity index (χ3n) is 5.50. The fraction of sp³-hybridized carbons (Fsp3) is 0.160. The third kappa shape index (κ3) is 4.20. The molecule has 3 aromatic carbocycles. The lowest BCUT2D eigenvalue weighted by Crippen LogP contribution is -2.28. The Bertz CT molecular complexity index is 1280. The highest BCUT2D eigenvalue weighted by atomic mass is 32.1. The lowest BCUT2D eigenvalue weighted by atomic mass is 10.1. The van der Waals surface area contributed by atoms with Crippen LogP contribution in [0.5, 0.6) is 0 Å². The van der Waals surface area contributed by atoms with Gasteiger partial charge in [0.05, 0.1) is 21.1 Å². The zero-order valence-corrected chi connectivity index (χ0v) is 18.4. The molecule has 0 saturated carbocycles. The van der Waals surface area contributed by atoms with Gasteiger partial charge in [0, 0.05) is 35.7 Å². The fourth-order valence-corrected chi connectivity index (χ4v) is 4.71. The van der Waals surface area contributed by atoms with Crippen molar-refractivity contribution in [1.82, 2.24) is 4.98 Å². The number of para-hydroxylation sites is 1. The molecule has 1 saturated heterocycles. The Hall–Kier alpha value is -3.71. The normalized spacial score (nSPS) is 15.8. The van der Waals surface area contributed by atoms with E-state index in [0.717, 1.165) is 32.3 Å². The minimum Gasteiger partial charge on any atom is -0.356 e. The van der Waals surface area contributed by atoms with Crippen molar-refractivity contribution < 1.29 is 9.59 Å². The average Bonchev–Trinajstić information content (AvgIpc) is 3.37. The van der Waals surface area contributed by atoms with Crippen molar-refractivity contribution in [2.75, 3.05) is 22.1 Å². The first-order valence-corrected chi connectivity index (χ1v) is 11.3. The predicted molar refractivity (Wildman–Crippen MR) is 130 cm³/mol. The molecular weight excluding hydrogens is 420 g/mol. The van der Waals surface area contributed by atoms with Crippen molar-refractivity contribution in [3.05, 3.63) is 77.8 Å². The maximum atomic E-state index is 12.8. The van der Waals surface area contributed by atoms with E-state index in [9.17, 15) is 9.59 Å². The number of aryl methyl sites for hydroxylation is 1. The van der Waals surface area contributed by atoms with E-state index >= 15 is 0 Å². The molecule has 1 aliphatic rings. The van der Waals surface area contributed by atoms with Crippen molar-refractivity contribution in [2.24, 2.45) is 5.92 Å². The molecule has 2 amide bonds. The third-order valence-corrected chi connectivity index (χ3v) is 6.45. The zero-order chi connectivity index (χ0) is 22.1. The standard InChI is InChI=1S/C25H22N4O2S/c1-16-26-22-14-21(11-12-23(22)32-16)29-15-17(13-24(29)30)25(31)28-20-9-7-19(8-10-20)27-18-5-3-2-4-6-18/h2-12,14,17,27H,13,15H2,1H3,(H,28,31). The van der Waals surface area contributed by atoms with Crippen LogP contribution in [0, 0.1) is 12.8 Å². The number of thiazole rings is 1. The Morgan fingerprint density at radius 1 is 1.00 bits per heavy atom. The molecule has 2 heterocycles. The van der Waals surface area contributed by atoms with Crippen LogP contribution in [0.15, 0.2) is 72.8 Å². The van der Waals surface area contributed by atoms with Crippen LogP contribution in [-0.4, -0.2) is 23.3 Å². The van der Waals surface area contributed by atoms with E-state index in [1.54, 1.807) is 16.2 Å². The van der Waals surface area contributed by atoms with Crippen LogP contribution in [-0.2, 0) is 9.59 Å². The Morgan fingerprint density at radius 2 is 1.72 bits per heavy atom. The van der Waals surface area contributed by atoms with Crippen molar-refractivity contribution in [3.63, 3.8) is 0 Å². The summed E-state index contributed by atoms with van der Waals surface area (Å²) in [5.74, 6) is -0.577. The second kappa shape index (κ2) is 8.43. The summed E-state index contributed by atoms with van der Waals surface area (Å²) >= 11 is 1.63. The summed E-state index contributed by atoms with van der Waals surface area (Å²) in [4.78, 5) is 31.6. The molecule has 1 fully saturated rings. The van der Waals surface area contributed by atoms with Gasteiger partial charge >= 0.3 is 0 Å². The van der Waals surface area contributed by atoms with Crippen molar-refractivity contribution in [2.45, 2.75) is 13.3 Å². The number of nitrogens with one attached hydrogen (secondary N) is 2. The van der Waals surface area contributed by atoms with Crippen LogP contribution in [0.4, 0.5) is 22.7 Å². The molecule has 2 N–H and O–H groups in total. The zero-order valence-electron chi connectivity index (χ0n) is 17.5. The number of anilines is 4. The summed E-state index contributed by atoms with van der Waals surface area (Å²) in [5.41, 5.74) is 4.32. The molecule has 7 heteroatoms. The van der Waals surface area contributed by atoms with Crippen LogP contribution in [0.25, 0.3) is 10.2 Å². The molecule has 4 aromatic rings. The Balaban J connectivity index is 1.23. The topological polar surface area (TPSA) is 74.3 Å². The number of nitrogens with zero attached hydrogens (tertiary/aromatic N) is 2. The van der Waals surface area contributed by atoms with Crippen LogP contribution in [0.3, 0.4) is 0 Å². The first kappa shape index (κ1) is 20.2. The molecule has 0 radical (unpaired) electrons. The van der Waals surface area contributed by atoms with Gasteiger partial charge in [-0.1, -0.05) is 18.2 Å². The summed E-state index contributed by atoms with van der Waals surface area (Å²) in [7, 11) is 0. The number of hydrogen-bond acceptors (Lipinski definition) is 5. The number of carbonyl (C=O) groups is 2. The van der Waals surface area contributed by atoms with Crippen LogP contribution in [0.1, 0.15) is 11.4 Å². The second-order valence-corrected chi connectivity index (χ2v) is 9.08. The number of fused-ring (bicyclic) bond motifs is 1. The monoisotopic (exact) mass is 442 g/mol. The van der Waals surface area contributed by atoms with Gasteiger partial charge in [0.25, 0.3) is 0 Å². The second-order valence-electron chi connectivity index (χ2n) is 7.85. The molecule has 5 rings (SSSR count). The van der Waals surface area contributed by atoms with Crippen molar-refractivity contribution >= 4 is 56.1 Å². The molecule has 160 valence electrons. The minimum absolute atomic E-state index is 0.0427. The van der Waals surface area contributed by atoms with Gasteiger partial charge in [0.15, 0.2) is 0 Å². The van der Waals surface area contributed by atoms with Gasteiger partial charge in [-0.05, 0) is 61.5 Å². The lowest BCUT2D eigenvalue weighted by Gasteiger charge is -2.17. The van der Waals surface area contributed by atoms with Crippen LogP contribution < -0.4 is 15.5 Å². The Labute approximate surface area is 189 Å². The van der Waals surface area contributed by atoms with E-state index in [1.165, 1.54) is 0 Å². The molecule has 1 unspecified atom stereocenters. The molecule has 1 atom stereocenters. The molecule has 1 aromatic heterocycles. The van der Waals surface area contributed by atoms with Gasteiger partial charge in [-0.2, -0.15) is 0 Å². The van der Waals surface area contributed by atoms with E-state index < -0.39 is 5.92 Å². The number of rotatable bonds is 5. The van der Waals surface area contributed by atoms with Crippen molar-refractivity contribution in [1.29, 1.82) is 0 Å². The molecule has 0 aliphatic carbocycles. The van der Waals surface area contributed by atoms with E-state index in [-0.39, 0.29) is 18.2 Å². The van der Waals surface area contributed by atoms with Crippen LogP contribution in [0.2, 0.25) is 0 Å². The molecule has 0 bridgehead atoms. The van der Waals surface area contributed by atoms with E-state index in [4.69, 9.17) is 0 Å².